The van der Waals surface area contributed by atoms with Gasteiger partial charge in [-0.15, -0.1) is 4.83 Å². The number of rotatable bonds is 6. The van der Waals surface area contributed by atoms with Crippen molar-refractivity contribution in [2.75, 3.05) is 13.1 Å². The number of benzene rings is 1. The second kappa shape index (κ2) is 8.74. The number of piperidine rings is 1. The molecule has 3 N–H and O–H groups in total. The van der Waals surface area contributed by atoms with Gasteiger partial charge >= 0.3 is 0 Å². The number of aromatic nitrogens is 1. The van der Waals surface area contributed by atoms with Gasteiger partial charge in [-0.25, -0.2) is 23.3 Å². The van der Waals surface area contributed by atoms with Crippen molar-refractivity contribution < 1.29 is 22.8 Å². The number of nitrogens with zero attached hydrogens (tertiary/aromatic N) is 2. The lowest BCUT2D eigenvalue weighted by atomic mass is 9.94. The number of halogens is 1. The molecule has 1 fully saturated rings. The van der Waals surface area contributed by atoms with Crippen molar-refractivity contribution in [3.8, 4) is 11.3 Å². The van der Waals surface area contributed by atoms with E-state index in [2.05, 4.69) is 9.82 Å². The molecule has 0 atom stereocenters. The predicted octanol–water partition coefficient (Wildman–Crippen LogP) is 1.69. The second-order valence-corrected chi connectivity index (χ2v) is 8.31. The average Bonchev–Trinajstić information content (AvgIpc) is 2.69. The van der Waals surface area contributed by atoms with Crippen LogP contribution in [0.4, 0.5) is 4.39 Å². The molecular formula is C18H21FN4O4S. The zero-order valence-corrected chi connectivity index (χ0v) is 15.8. The lowest BCUT2D eigenvalue weighted by Crippen LogP contribution is -2.46. The van der Waals surface area contributed by atoms with Gasteiger partial charge in [0.25, 0.3) is 10.0 Å². The summed E-state index contributed by atoms with van der Waals surface area (Å²) >= 11 is 0. The summed E-state index contributed by atoms with van der Waals surface area (Å²) in [5, 5.41) is 10.2. The molecule has 1 aromatic carbocycles. The van der Waals surface area contributed by atoms with Crippen molar-refractivity contribution in [2.45, 2.75) is 24.2 Å². The number of pyridine rings is 1. The van der Waals surface area contributed by atoms with E-state index in [-0.39, 0.29) is 17.2 Å². The molecule has 3 rings (SSSR count). The Morgan fingerprint density at radius 1 is 1.25 bits per heavy atom. The molecule has 0 spiro atoms. The molecule has 2 aromatic rings. The maximum absolute atomic E-state index is 13.3. The molecule has 28 heavy (non-hydrogen) atoms. The number of nitrogens with one attached hydrogen (secondary N) is 2. The van der Waals surface area contributed by atoms with Crippen molar-refractivity contribution in [2.24, 2.45) is 5.92 Å². The normalized spacial score (nSPS) is 16.1. The topological polar surface area (TPSA) is 112 Å². The van der Waals surface area contributed by atoms with Crippen LogP contribution in [0.1, 0.15) is 19.3 Å². The van der Waals surface area contributed by atoms with E-state index < -0.39 is 21.7 Å². The number of carbonyl (C=O) groups excluding carboxylic acids is 1. The Kier molecular flexibility index (Phi) is 6.35. The number of hydrogen-bond acceptors (Lipinski definition) is 6. The van der Waals surface area contributed by atoms with Crippen LogP contribution < -0.4 is 10.3 Å². The maximum atomic E-state index is 13.3. The molecule has 0 unspecified atom stereocenters. The Hall–Kier alpha value is -2.40. The summed E-state index contributed by atoms with van der Waals surface area (Å²) in [6, 6.07) is 8.87. The molecule has 2 heterocycles. The van der Waals surface area contributed by atoms with Crippen LogP contribution in [0.15, 0.2) is 47.5 Å². The molecule has 0 saturated carbocycles. The second-order valence-electron chi connectivity index (χ2n) is 6.65. The van der Waals surface area contributed by atoms with E-state index in [1.807, 2.05) is 0 Å². The summed E-state index contributed by atoms with van der Waals surface area (Å²) in [6.45, 7) is 0.912. The number of hydroxylamine groups is 1. The Bertz CT molecular complexity index is 929. The Morgan fingerprint density at radius 2 is 2.00 bits per heavy atom. The number of hydrazine groups is 1. The van der Waals surface area contributed by atoms with Crippen LogP contribution in [0.25, 0.3) is 11.3 Å². The highest BCUT2D eigenvalue weighted by Crippen LogP contribution is 2.22. The van der Waals surface area contributed by atoms with E-state index in [1.165, 1.54) is 30.5 Å². The Morgan fingerprint density at radius 3 is 2.61 bits per heavy atom. The minimum atomic E-state index is -3.79. The first kappa shape index (κ1) is 20.3. The van der Waals surface area contributed by atoms with E-state index in [9.17, 15) is 17.6 Å². The number of sulfonamides is 1. The predicted molar refractivity (Wildman–Crippen MR) is 98.8 cm³/mol. The van der Waals surface area contributed by atoms with Gasteiger partial charge in [-0.05, 0) is 43.0 Å². The molecule has 1 amide bonds. The standard InChI is InChI=1S/C18H21FN4O4S/c19-15-3-1-2-14(11-15)17-5-4-16(12-20-17)28(26,27)22-23-8-6-13(7-9-23)10-18(24)21-25/h1-5,11-13,22,25H,6-10H2,(H,21,24). The van der Waals surface area contributed by atoms with Gasteiger partial charge in [0, 0.05) is 31.3 Å². The van der Waals surface area contributed by atoms with Gasteiger partial charge < -0.3 is 0 Å². The van der Waals surface area contributed by atoms with Crippen LogP contribution in [0.5, 0.6) is 0 Å². The first-order chi connectivity index (χ1) is 13.4. The fourth-order valence-corrected chi connectivity index (χ4v) is 4.18. The van der Waals surface area contributed by atoms with Gasteiger partial charge in [-0.1, -0.05) is 12.1 Å². The quantitative estimate of drug-likeness (QED) is 0.495. The van der Waals surface area contributed by atoms with Gasteiger partial charge in [-0.3, -0.25) is 15.0 Å². The summed E-state index contributed by atoms with van der Waals surface area (Å²) in [6.07, 6.45) is 2.71. The number of carbonyl (C=O) groups is 1. The SMILES string of the molecule is O=C(CC1CCN(NS(=O)(=O)c2ccc(-c3cccc(F)c3)nc2)CC1)NO. The summed E-state index contributed by atoms with van der Waals surface area (Å²) < 4.78 is 38.4. The minimum absolute atomic E-state index is 0.00874. The van der Waals surface area contributed by atoms with Gasteiger partial charge in [0.15, 0.2) is 0 Å². The van der Waals surface area contributed by atoms with E-state index in [0.29, 0.717) is 37.2 Å². The zero-order valence-electron chi connectivity index (χ0n) is 15.0. The number of hydrogen-bond donors (Lipinski definition) is 3. The van der Waals surface area contributed by atoms with Crippen LogP contribution in [-0.2, 0) is 14.8 Å². The molecule has 1 saturated heterocycles. The van der Waals surface area contributed by atoms with Crippen molar-refractivity contribution in [1.29, 1.82) is 0 Å². The largest absolute Gasteiger partial charge is 0.289 e. The van der Waals surface area contributed by atoms with E-state index in [0.717, 1.165) is 0 Å². The van der Waals surface area contributed by atoms with Crippen LogP contribution in [-0.4, -0.2) is 42.6 Å². The summed E-state index contributed by atoms with van der Waals surface area (Å²) in [5.41, 5.74) is 2.65. The van der Waals surface area contributed by atoms with Crippen LogP contribution in [0.3, 0.4) is 0 Å². The highest BCUT2D eigenvalue weighted by atomic mass is 32.2. The fourth-order valence-electron chi connectivity index (χ4n) is 3.12. The fraction of sp³-hybridized carbons (Fsp3) is 0.333. The summed E-state index contributed by atoms with van der Waals surface area (Å²) in [7, 11) is -3.79. The molecule has 1 aromatic heterocycles. The first-order valence-corrected chi connectivity index (χ1v) is 10.3. The highest BCUT2D eigenvalue weighted by molar-refractivity contribution is 7.89. The van der Waals surface area contributed by atoms with Crippen molar-refractivity contribution >= 4 is 15.9 Å². The highest BCUT2D eigenvalue weighted by Gasteiger charge is 2.25. The van der Waals surface area contributed by atoms with Crippen LogP contribution >= 0.6 is 0 Å². The first-order valence-electron chi connectivity index (χ1n) is 8.80. The zero-order chi connectivity index (χ0) is 20.1. The summed E-state index contributed by atoms with van der Waals surface area (Å²) in [4.78, 5) is 17.9. The molecule has 8 nitrogen and oxygen atoms in total. The van der Waals surface area contributed by atoms with Crippen LogP contribution in [0, 0.1) is 11.7 Å². The van der Waals surface area contributed by atoms with Crippen LogP contribution in [0.2, 0.25) is 0 Å². The van der Waals surface area contributed by atoms with Crippen molar-refractivity contribution in [1.82, 2.24) is 20.3 Å². The van der Waals surface area contributed by atoms with E-state index in [4.69, 9.17) is 5.21 Å². The number of amides is 1. The molecular weight excluding hydrogens is 387 g/mol. The third kappa shape index (κ3) is 5.10. The van der Waals surface area contributed by atoms with E-state index >= 15 is 0 Å². The molecule has 1 aliphatic rings. The van der Waals surface area contributed by atoms with E-state index in [1.54, 1.807) is 22.6 Å². The molecule has 0 radical (unpaired) electrons. The smallest absolute Gasteiger partial charge is 0.254 e. The van der Waals surface area contributed by atoms with Gasteiger partial charge in [0.05, 0.1) is 5.69 Å². The average molecular weight is 408 g/mol. The molecule has 1 aliphatic heterocycles. The van der Waals surface area contributed by atoms with Gasteiger partial charge in [0.1, 0.15) is 10.7 Å². The lowest BCUT2D eigenvalue weighted by Gasteiger charge is -2.31. The third-order valence-electron chi connectivity index (χ3n) is 4.63. The molecule has 10 heteroatoms. The molecule has 150 valence electrons. The molecule has 0 bridgehead atoms. The Balaban J connectivity index is 1.61. The van der Waals surface area contributed by atoms with Crippen molar-refractivity contribution in [3.63, 3.8) is 0 Å². The van der Waals surface area contributed by atoms with Crippen molar-refractivity contribution in [3.05, 3.63) is 48.4 Å². The van der Waals surface area contributed by atoms with Gasteiger partial charge in [0.2, 0.25) is 5.91 Å². The molecule has 0 aliphatic carbocycles. The minimum Gasteiger partial charge on any atom is -0.289 e. The maximum Gasteiger partial charge on any atom is 0.254 e. The Labute approximate surface area is 162 Å². The summed E-state index contributed by atoms with van der Waals surface area (Å²) in [5.74, 6) is -0.735. The lowest BCUT2D eigenvalue weighted by molar-refractivity contribution is -0.130. The third-order valence-corrected chi connectivity index (χ3v) is 5.99. The van der Waals surface area contributed by atoms with Gasteiger partial charge in [-0.2, -0.15) is 0 Å². The monoisotopic (exact) mass is 408 g/mol.